The summed E-state index contributed by atoms with van der Waals surface area (Å²) in [5.41, 5.74) is 5.78. The van der Waals surface area contributed by atoms with Crippen molar-refractivity contribution in [3.63, 3.8) is 0 Å². The fraction of sp³-hybridized carbons (Fsp3) is 0.333. The molecule has 0 aliphatic carbocycles. The number of halogens is 3. The Balaban J connectivity index is 2.69. The van der Waals surface area contributed by atoms with Crippen LogP contribution >= 0.6 is 0 Å². The van der Waals surface area contributed by atoms with Gasteiger partial charge in [0.05, 0.1) is 5.56 Å². The molecule has 0 aliphatic heterocycles. The van der Waals surface area contributed by atoms with E-state index in [2.05, 4.69) is 5.92 Å². The molecule has 16 heavy (non-hydrogen) atoms. The van der Waals surface area contributed by atoms with E-state index in [-0.39, 0.29) is 6.04 Å². The van der Waals surface area contributed by atoms with E-state index < -0.39 is 11.7 Å². The summed E-state index contributed by atoms with van der Waals surface area (Å²) in [6.45, 7) is 0. The fourth-order valence-corrected chi connectivity index (χ4v) is 1.36. The van der Waals surface area contributed by atoms with E-state index >= 15 is 0 Å². The van der Waals surface area contributed by atoms with Crippen molar-refractivity contribution in [3.8, 4) is 12.3 Å². The molecule has 0 amide bonds. The summed E-state index contributed by atoms with van der Waals surface area (Å²) in [6, 6.07) is 4.76. The third-order valence-corrected chi connectivity index (χ3v) is 2.16. The lowest BCUT2D eigenvalue weighted by molar-refractivity contribution is -0.137. The fourth-order valence-electron chi connectivity index (χ4n) is 1.36. The minimum Gasteiger partial charge on any atom is -0.327 e. The molecule has 1 aromatic rings. The third-order valence-electron chi connectivity index (χ3n) is 2.16. The van der Waals surface area contributed by atoms with Crippen molar-refractivity contribution < 1.29 is 13.2 Å². The molecule has 0 aliphatic rings. The monoisotopic (exact) mass is 227 g/mol. The third kappa shape index (κ3) is 3.59. The quantitative estimate of drug-likeness (QED) is 0.789. The maximum atomic E-state index is 12.3. The Bertz CT molecular complexity index is 373. The van der Waals surface area contributed by atoms with Crippen LogP contribution < -0.4 is 5.73 Å². The van der Waals surface area contributed by atoms with Gasteiger partial charge in [-0.1, -0.05) is 12.1 Å². The summed E-state index contributed by atoms with van der Waals surface area (Å²) in [5.74, 6) is 2.42. The normalized spacial score (nSPS) is 13.2. The summed E-state index contributed by atoms with van der Waals surface area (Å²) in [6.07, 6.45) is 1.70. The molecular weight excluding hydrogens is 215 g/mol. The van der Waals surface area contributed by atoms with Crippen molar-refractivity contribution in [2.75, 3.05) is 0 Å². The summed E-state index contributed by atoms with van der Waals surface area (Å²) in [4.78, 5) is 0. The Morgan fingerprint density at radius 2 is 1.81 bits per heavy atom. The first-order chi connectivity index (χ1) is 7.43. The largest absolute Gasteiger partial charge is 0.416 e. The van der Waals surface area contributed by atoms with Gasteiger partial charge in [0.15, 0.2) is 0 Å². The zero-order valence-electron chi connectivity index (χ0n) is 8.59. The SMILES string of the molecule is C#CCC(N)Cc1ccc(C(F)(F)F)cc1. The van der Waals surface area contributed by atoms with Crippen molar-refractivity contribution in [1.82, 2.24) is 0 Å². The van der Waals surface area contributed by atoms with Gasteiger partial charge in [0.2, 0.25) is 0 Å². The van der Waals surface area contributed by atoms with E-state index in [1.807, 2.05) is 0 Å². The summed E-state index contributed by atoms with van der Waals surface area (Å²) in [5, 5.41) is 0. The van der Waals surface area contributed by atoms with Crippen LogP contribution in [0.4, 0.5) is 13.2 Å². The van der Waals surface area contributed by atoms with Crippen LogP contribution in [0.15, 0.2) is 24.3 Å². The highest BCUT2D eigenvalue weighted by atomic mass is 19.4. The predicted molar refractivity (Wildman–Crippen MR) is 56.6 cm³/mol. The summed E-state index contributed by atoms with van der Waals surface area (Å²) >= 11 is 0. The van der Waals surface area contributed by atoms with Gasteiger partial charge in [-0.2, -0.15) is 13.2 Å². The molecular formula is C12H12F3N. The molecule has 0 spiro atoms. The number of terminal acetylenes is 1. The number of benzene rings is 1. The first-order valence-electron chi connectivity index (χ1n) is 4.78. The van der Waals surface area contributed by atoms with E-state index in [1.165, 1.54) is 12.1 Å². The lowest BCUT2D eigenvalue weighted by Crippen LogP contribution is -2.21. The number of hydrogen-bond acceptors (Lipinski definition) is 1. The molecule has 0 heterocycles. The van der Waals surface area contributed by atoms with Gasteiger partial charge in [-0.15, -0.1) is 12.3 Å². The topological polar surface area (TPSA) is 26.0 Å². The number of hydrogen-bond donors (Lipinski definition) is 1. The molecule has 0 fully saturated rings. The van der Waals surface area contributed by atoms with Crippen molar-refractivity contribution in [2.45, 2.75) is 25.1 Å². The van der Waals surface area contributed by atoms with Gasteiger partial charge in [-0.3, -0.25) is 0 Å². The van der Waals surface area contributed by atoms with Crippen LogP contribution in [0, 0.1) is 12.3 Å². The molecule has 0 aromatic heterocycles. The van der Waals surface area contributed by atoms with E-state index in [0.717, 1.165) is 17.7 Å². The van der Waals surface area contributed by atoms with Gasteiger partial charge in [0.1, 0.15) is 0 Å². The molecule has 1 aromatic carbocycles. The number of rotatable bonds is 3. The van der Waals surface area contributed by atoms with E-state index in [1.54, 1.807) is 0 Å². The predicted octanol–water partition coefficient (Wildman–Crippen LogP) is 2.60. The number of nitrogens with two attached hydrogens (primary N) is 1. The lowest BCUT2D eigenvalue weighted by Gasteiger charge is -2.10. The molecule has 0 radical (unpaired) electrons. The minimum atomic E-state index is -4.29. The van der Waals surface area contributed by atoms with Crippen LogP contribution in [-0.2, 0) is 12.6 Å². The average molecular weight is 227 g/mol. The second-order valence-corrected chi connectivity index (χ2v) is 3.57. The molecule has 0 bridgehead atoms. The highest BCUT2D eigenvalue weighted by Gasteiger charge is 2.29. The second kappa shape index (κ2) is 5.04. The van der Waals surface area contributed by atoms with Gasteiger partial charge >= 0.3 is 6.18 Å². The van der Waals surface area contributed by atoms with Crippen molar-refractivity contribution in [2.24, 2.45) is 5.73 Å². The first kappa shape index (κ1) is 12.6. The van der Waals surface area contributed by atoms with E-state index in [9.17, 15) is 13.2 Å². The maximum Gasteiger partial charge on any atom is 0.416 e. The van der Waals surface area contributed by atoms with Crippen LogP contribution in [0.3, 0.4) is 0 Å². The van der Waals surface area contributed by atoms with Gasteiger partial charge in [0.25, 0.3) is 0 Å². The van der Waals surface area contributed by atoms with Gasteiger partial charge in [-0.25, -0.2) is 0 Å². The summed E-state index contributed by atoms with van der Waals surface area (Å²) in [7, 11) is 0. The molecule has 1 unspecified atom stereocenters. The van der Waals surface area contributed by atoms with E-state index in [4.69, 9.17) is 12.2 Å². The molecule has 4 heteroatoms. The zero-order valence-corrected chi connectivity index (χ0v) is 8.59. The molecule has 1 rings (SSSR count). The minimum absolute atomic E-state index is 0.207. The smallest absolute Gasteiger partial charge is 0.327 e. The van der Waals surface area contributed by atoms with Crippen molar-refractivity contribution in [3.05, 3.63) is 35.4 Å². The van der Waals surface area contributed by atoms with Crippen LogP contribution in [-0.4, -0.2) is 6.04 Å². The Labute approximate surface area is 92.5 Å². The Kier molecular flexibility index (Phi) is 3.97. The average Bonchev–Trinajstić information content (AvgIpc) is 2.17. The highest BCUT2D eigenvalue weighted by molar-refractivity contribution is 5.25. The van der Waals surface area contributed by atoms with Gasteiger partial charge in [0, 0.05) is 12.5 Å². The molecule has 86 valence electrons. The van der Waals surface area contributed by atoms with Crippen molar-refractivity contribution >= 4 is 0 Å². The lowest BCUT2D eigenvalue weighted by atomic mass is 10.0. The van der Waals surface area contributed by atoms with Gasteiger partial charge in [-0.05, 0) is 24.1 Å². The Morgan fingerprint density at radius 3 is 2.25 bits per heavy atom. The first-order valence-corrected chi connectivity index (χ1v) is 4.78. The Morgan fingerprint density at radius 1 is 1.25 bits per heavy atom. The molecule has 0 saturated heterocycles. The van der Waals surface area contributed by atoms with Crippen LogP contribution in [0.1, 0.15) is 17.5 Å². The zero-order chi connectivity index (χ0) is 12.2. The second-order valence-electron chi connectivity index (χ2n) is 3.57. The maximum absolute atomic E-state index is 12.3. The standard InChI is InChI=1S/C12H12F3N/c1-2-3-11(16)8-9-4-6-10(7-5-9)12(13,14)15/h1,4-7,11H,3,8,16H2. The Hall–Kier alpha value is -1.47. The van der Waals surface area contributed by atoms with E-state index in [0.29, 0.717) is 12.8 Å². The van der Waals surface area contributed by atoms with Gasteiger partial charge < -0.3 is 5.73 Å². The molecule has 1 atom stereocenters. The summed E-state index contributed by atoms with van der Waals surface area (Å²) < 4.78 is 36.8. The molecule has 2 N–H and O–H groups in total. The van der Waals surface area contributed by atoms with Crippen molar-refractivity contribution in [1.29, 1.82) is 0 Å². The van der Waals surface area contributed by atoms with Crippen LogP contribution in [0.25, 0.3) is 0 Å². The molecule has 1 nitrogen and oxygen atoms in total. The highest BCUT2D eigenvalue weighted by Crippen LogP contribution is 2.29. The number of alkyl halides is 3. The molecule has 0 saturated carbocycles. The van der Waals surface area contributed by atoms with Crippen LogP contribution in [0.5, 0.6) is 0 Å². The van der Waals surface area contributed by atoms with Crippen LogP contribution in [0.2, 0.25) is 0 Å².